The van der Waals surface area contributed by atoms with Crippen molar-refractivity contribution in [1.82, 2.24) is 10.2 Å². The molecule has 2 aromatic rings. The molecule has 0 saturated carbocycles. The van der Waals surface area contributed by atoms with Crippen LogP contribution in [0.3, 0.4) is 0 Å². The number of benzene rings is 2. The number of alkyl carbamates (subject to hydrolysis) is 1. The van der Waals surface area contributed by atoms with E-state index in [1.165, 1.54) is 4.90 Å². The number of carboxylic acid groups (broad SMARTS) is 1. The van der Waals surface area contributed by atoms with Gasteiger partial charge in [-0.25, -0.2) is 9.59 Å². The Labute approximate surface area is 193 Å². The lowest BCUT2D eigenvalue weighted by Gasteiger charge is -2.36. The van der Waals surface area contributed by atoms with Crippen LogP contribution >= 0.6 is 0 Å². The molecule has 1 fully saturated rings. The molecule has 2 unspecified atom stereocenters. The summed E-state index contributed by atoms with van der Waals surface area (Å²) >= 11 is 0. The fourth-order valence-electron chi connectivity index (χ4n) is 4.95. The summed E-state index contributed by atoms with van der Waals surface area (Å²) in [6.07, 6.45) is 0.681. The van der Waals surface area contributed by atoms with E-state index in [2.05, 4.69) is 29.6 Å². The van der Waals surface area contributed by atoms with Gasteiger partial charge in [-0.15, -0.1) is 0 Å². The molecule has 3 atom stereocenters. The molecule has 174 valence electrons. The van der Waals surface area contributed by atoms with Gasteiger partial charge in [-0.1, -0.05) is 55.5 Å². The molecule has 0 radical (unpaired) electrons. The summed E-state index contributed by atoms with van der Waals surface area (Å²) < 4.78 is 5.54. The van der Waals surface area contributed by atoms with Crippen LogP contribution in [0.25, 0.3) is 11.1 Å². The summed E-state index contributed by atoms with van der Waals surface area (Å²) in [4.78, 5) is 38.2. The molecule has 0 aromatic heterocycles. The van der Waals surface area contributed by atoms with Crippen LogP contribution in [0.2, 0.25) is 0 Å². The highest BCUT2D eigenvalue weighted by Gasteiger charge is 2.35. The summed E-state index contributed by atoms with van der Waals surface area (Å²) in [7, 11) is 0. The van der Waals surface area contributed by atoms with Gasteiger partial charge in [0.25, 0.3) is 0 Å². The first-order chi connectivity index (χ1) is 15.8. The highest BCUT2D eigenvalue weighted by molar-refractivity contribution is 5.84. The van der Waals surface area contributed by atoms with Gasteiger partial charge in [0, 0.05) is 24.9 Å². The van der Waals surface area contributed by atoms with Crippen LogP contribution in [0.4, 0.5) is 4.79 Å². The predicted octanol–water partition coefficient (Wildman–Crippen LogP) is 4.02. The highest BCUT2D eigenvalue weighted by Crippen LogP contribution is 2.44. The third-order valence-corrected chi connectivity index (χ3v) is 6.66. The van der Waals surface area contributed by atoms with Gasteiger partial charge in [0.15, 0.2) is 0 Å². The first-order valence-electron chi connectivity index (χ1n) is 11.5. The summed E-state index contributed by atoms with van der Waals surface area (Å²) in [5, 5.41) is 12.2. The van der Waals surface area contributed by atoms with E-state index in [4.69, 9.17) is 4.74 Å². The third kappa shape index (κ3) is 4.87. The number of aliphatic carboxylic acids is 1. The Morgan fingerprint density at radius 1 is 1.09 bits per heavy atom. The van der Waals surface area contributed by atoms with Crippen LogP contribution in [0.15, 0.2) is 48.5 Å². The molecule has 1 saturated heterocycles. The first-order valence-corrected chi connectivity index (χ1v) is 11.5. The van der Waals surface area contributed by atoms with Gasteiger partial charge in [0.2, 0.25) is 5.91 Å². The number of amides is 2. The number of piperidine rings is 1. The van der Waals surface area contributed by atoms with Crippen LogP contribution in [-0.2, 0) is 14.3 Å². The smallest absolute Gasteiger partial charge is 0.407 e. The van der Waals surface area contributed by atoms with Crippen LogP contribution in [0.1, 0.15) is 50.2 Å². The average Bonchev–Trinajstić information content (AvgIpc) is 3.11. The molecule has 7 nitrogen and oxygen atoms in total. The fourth-order valence-corrected chi connectivity index (χ4v) is 4.95. The Morgan fingerprint density at radius 3 is 2.30 bits per heavy atom. The van der Waals surface area contributed by atoms with Gasteiger partial charge in [-0.2, -0.15) is 0 Å². The zero-order chi connectivity index (χ0) is 23.5. The Morgan fingerprint density at radius 2 is 1.70 bits per heavy atom. The molecule has 1 aliphatic heterocycles. The number of hydrogen-bond acceptors (Lipinski definition) is 4. The zero-order valence-corrected chi connectivity index (χ0v) is 19.0. The number of carboxylic acids is 1. The van der Waals surface area contributed by atoms with Crippen LogP contribution < -0.4 is 5.32 Å². The topological polar surface area (TPSA) is 95.9 Å². The minimum absolute atomic E-state index is 0.0301. The molecule has 33 heavy (non-hydrogen) atoms. The fraction of sp³-hybridized carbons (Fsp3) is 0.423. The normalized spacial score (nSPS) is 20.5. The monoisotopic (exact) mass is 450 g/mol. The molecular weight excluding hydrogens is 420 g/mol. The average molecular weight is 451 g/mol. The number of rotatable bonds is 6. The summed E-state index contributed by atoms with van der Waals surface area (Å²) in [6.45, 7) is 4.35. The van der Waals surface area contributed by atoms with Crippen molar-refractivity contribution in [2.45, 2.75) is 51.1 Å². The van der Waals surface area contributed by atoms with Crippen molar-refractivity contribution < 1.29 is 24.2 Å². The molecule has 2 N–H and O–H groups in total. The summed E-state index contributed by atoms with van der Waals surface area (Å²) in [6, 6.07) is 15.0. The molecule has 2 aromatic carbocycles. The van der Waals surface area contributed by atoms with Gasteiger partial charge < -0.3 is 20.1 Å². The number of fused-ring (bicyclic) bond motifs is 3. The number of ether oxygens (including phenoxy) is 1. The molecular formula is C26H30N2O5. The number of carbonyl (C=O) groups is 3. The number of carbonyl (C=O) groups excluding carboxylic acids is 2. The minimum atomic E-state index is -0.980. The molecule has 2 amide bonds. The Balaban J connectivity index is 1.32. The van der Waals surface area contributed by atoms with E-state index in [1.54, 1.807) is 6.92 Å². The van der Waals surface area contributed by atoms with E-state index in [0.717, 1.165) is 28.7 Å². The van der Waals surface area contributed by atoms with E-state index in [0.29, 0.717) is 13.0 Å². The number of hydrogen-bond donors (Lipinski definition) is 2. The largest absolute Gasteiger partial charge is 0.480 e. The minimum Gasteiger partial charge on any atom is -0.480 e. The molecule has 2 aliphatic rings. The molecule has 7 heteroatoms. The summed E-state index contributed by atoms with van der Waals surface area (Å²) in [5.41, 5.74) is 4.58. The number of nitrogens with zero attached hydrogens (tertiary/aromatic N) is 1. The molecule has 1 heterocycles. The van der Waals surface area contributed by atoms with E-state index < -0.39 is 24.1 Å². The molecule has 4 rings (SSSR count). The van der Waals surface area contributed by atoms with E-state index in [-0.39, 0.29) is 30.8 Å². The van der Waals surface area contributed by atoms with Crippen molar-refractivity contribution in [3.05, 3.63) is 59.7 Å². The maximum atomic E-state index is 12.7. The Kier molecular flexibility index (Phi) is 6.67. The van der Waals surface area contributed by atoms with Gasteiger partial charge in [-0.05, 0) is 47.9 Å². The van der Waals surface area contributed by atoms with Gasteiger partial charge in [0.1, 0.15) is 12.6 Å². The van der Waals surface area contributed by atoms with Crippen LogP contribution in [0, 0.1) is 5.92 Å². The van der Waals surface area contributed by atoms with Crippen molar-refractivity contribution in [3.63, 3.8) is 0 Å². The van der Waals surface area contributed by atoms with Crippen molar-refractivity contribution in [2.24, 2.45) is 5.92 Å². The summed E-state index contributed by atoms with van der Waals surface area (Å²) in [5.74, 6) is -1.01. The van der Waals surface area contributed by atoms with E-state index in [9.17, 15) is 19.5 Å². The van der Waals surface area contributed by atoms with Crippen LogP contribution in [0.5, 0.6) is 0 Å². The number of likely N-dealkylation sites (tertiary alicyclic amines) is 1. The lowest BCUT2D eigenvalue weighted by atomic mass is 9.92. The Hall–Kier alpha value is -3.35. The first kappa shape index (κ1) is 22.8. The second kappa shape index (κ2) is 9.65. The Bertz CT molecular complexity index is 1010. The van der Waals surface area contributed by atoms with Crippen molar-refractivity contribution >= 4 is 18.0 Å². The molecule has 1 aliphatic carbocycles. The molecule has 0 spiro atoms. The van der Waals surface area contributed by atoms with Gasteiger partial charge in [0.05, 0.1) is 0 Å². The van der Waals surface area contributed by atoms with Crippen molar-refractivity contribution in [1.29, 1.82) is 0 Å². The molecule has 0 bridgehead atoms. The van der Waals surface area contributed by atoms with Crippen molar-refractivity contribution in [2.75, 3.05) is 13.2 Å². The highest BCUT2D eigenvalue weighted by atomic mass is 16.5. The quantitative estimate of drug-likeness (QED) is 0.693. The van der Waals surface area contributed by atoms with E-state index in [1.807, 2.05) is 31.2 Å². The standard InChI is InChI=1S/C26H30N2O5/c1-16-11-12-28(23(13-16)25(30)31)24(29)14-17(2)27-26(32)33-15-22-20-9-5-3-7-18(20)19-8-4-6-10-21(19)22/h3-10,16-17,22-23H,11-15H2,1-2H3,(H,27,32)(H,30,31)/t16?,17-,23?/m1/s1. The number of nitrogens with one attached hydrogen (secondary N) is 1. The second-order valence-corrected chi connectivity index (χ2v) is 9.15. The maximum absolute atomic E-state index is 12.7. The lowest BCUT2D eigenvalue weighted by Crippen LogP contribution is -2.51. The lowest BCUT2D eigenvalue weighted by molar-refractivity contribution is -0.153. The maximum Gasteiger partial charge on any atom is 0.407 e. The van der Waals surface area contributed by atoms with Gasteiger partial charge in [-0.3, -0.25) is 4.79 Å². The second-order valence-electron chi connectivity index (χ2n) is 9.15. The zero-order valence-electron chi connectivity index (χ0n) is 19.0. The van der Waals surface area contributed by atoms with Crippen molar-refractivity contribution in [3.8, 4) is 11.1 Å². The van der Waals surface area contributed by atoms with Crippen LogP contribution in [-0.4, -0.2) is 53.2 Å². The van der Waals surface area contributed by atoms with E-state index >= 15 is 0 Å². The SMILES string of the molecule is CC1CCN(C(=O)C[C@@H](C)NC(=O)OCC2c3ccccc3-c3ccccc32)C(C(=O)O)C1. The van der Waals surface area contributed by atoms with Gasteiger partial charge >= 0.3 is 12.1 Å². The third-order valence-electron chi connectivity index (χ3n) is 6.66. The predicted molar refractivity (Wildman–Crippen MR) is 124 cm³/mol.